The van der Waals surface area contributed by atoms with Crippen LogP contribution in [0.4, 0.5) is 52.7 Å². The Morgan fingerprint density at radius 3 is 0.702 bits per heavy atom. The van der Waals surface area contributed by atoms with Crippen LogP contribution in [-0.4, -0.2) is 73.3 Å². The van der Waals surface area contributed by atoms with Crippen molar-refractivity contribution in [3.63, 3.8) is 0 Å². The molecule has 0 atom stereocenters. The molecule has 0 aliphatic heterocycles. The van der Waals surface area contributed by atoms with Gasteiger partial charge in [-0.1, -0.05) is 146 Å². The number of hydrogen-bond acceptors (Lipinski definition) is 6. The summed E-state index contributed by atoms with van der Waals surface area (Å²) in [6.07, 6.45) is 10.4. The van der Waals surface area contributed by atoms with Gasteiger partial charge in [-0.05, 0) is 248 Å². The smallest absolute Gasteiger partial charge is 0.357 e. The van der Waals surface area contributed by atoms with E-state index in [0.29, 0.717) is 35.5 Å². The first-order chi connectivity index (χ1) is 54.2. The van der Waals surface area contributed by atoms with Gasteiger partial charge in [0.25, 0.3) is 0 Å². The molecule has 8 aliphatic rings. The fraction of sp³-hybridized carbons (Fsp3) is 0.452. The van der Waals surface area contributed by atoms with E-state index >= 15 is 0 Å². The first-order valence-electron chi connectivity index (χ1n) is 39.5. The Balaban J connectivity index is 0.000000159. The lowest BCUT2D eigenvalue weighted by atomic mass is 9.49. The third-order valence-corrected chi connectivity index (χ3v) is 29.0. The van der Waals surface area contributed by atoms with Crippen LogP contribution in [0.1, 0.15) is 163 Å². The Morgan fingerprint density at radius 2 is 0.509 bits per heavy atom. The van der Waals surface area contributed by atoms with E-state index < -0.39 is 60.8 Å². The van der Waals surface area contributed by atoms with Crippen molar-refractivity contribution < 1.29 is 102 Å². The Kier molecular flexibility index (Phi) is 33.6. The highest BCUT2D eigenvalue weighted by molar-refractivity contribution is 7.97. The summed E-state index contributed by atoms with van der Waals surface area (Å²) in [6, 6.07) is 85.7. The number of hydrogen-bond donors (Lipinski definition) is 0. The molecule has 0 aromatic heterocycles. The van der Waals surface area contributed by atoms with Crippen molar-refractivity contribution in [3.05, 3.63) is 250 Å². The molecule has 0 radical (unpaired) electrons. The third-order valence-electron chi connectivity index (χ3n) is 21.9. The summed E-state index contributed by atoms with van der Waals surface area (Å²) in [5.74, 6) is -21.1. The van der Waals surface area contributed by atoms with Gasteiger partial charge in [0.05, 0.1) is 52.4 Å². The zero-order chi connectivity index (χ0) is 82.1. The highest BCUT2D eigenvalue weighted by Gasteiger charge is 2.58. The normalized spacial score (nSPS) is 21.2. The lowest BCUT2D eigenvalue weighted by molar-refractivity contribution is -0.597. The van der Waals surface area contributed by atoms with E-state index in [1.165, 1.54) is 82.0 Å². The zero-order valence-electron chi connectivity index (χ0n) is 65.2. The molecular formula is C93H106F12IO6S2+3. The van der Waals surface area contributed by atoms with Gasteiger partial charge in [0.15, 0.2) is 36.5 Å². The first-order valence-corrected chi connectivity index (χ1v) is 44.1. The standard InChI is InChI=1S/2C18H26F4O2.2C18H15S.C12H10I.C9H14F4O2/c2*1-16(19,20)18(21,22)4-2-3-5-24-15(23)17-9-12-6-13(10-17)8-14(7-12)11-17;2*1-4-10-16(11-5-1)19(17-12-6-2-7-13-17)18-14-8-3-9-15-18;1-3-7-11(8-4-1)13-12-9-5-2-6-10-12;1-7(14)15-6-4-3-5-9(12,13)8(2,10)11/h2*12-14H,2-11H2,1H3;2*1-15H;1-10H;3-6H2,1-2H3/q;;3*+1;. The summed E-state index contributed by atoms with van der Waals surface area (Å²) >= 11 is 0.0287. The molecule has 614 valence electrons. The Labute approximate surface area is 681 Å². The van der Waals surface area contributed by atoms with Crippen molar-refractivity contribution in [1.29, 1.82) is 0 Å². The fourth-order valence-electron chi connectivity index (χ4n) is 16.8. The number of unbranched alkanes of at least 4 members (excludes halogenated alkanes) is 3. The molecule has 8 aromatic rings. The van der Waals surface area contributed by atoms with E-state index in [1.54, 1.807) is 0 Å². The maximum Gasteiger partial charge on any atom is 0.357 e. The molecule has 8 aliphatic carbocycles. The number of alkyl halides is 12. The molecule has 0 N–H and O–H groups in total. The van der Waals surface area contributed by atoms with Crippen LogP contribution in [0.5, 0.6) is 0 Å². The Bertz CT molecular complexity index is 3640. The molecule has 0 unspecified atom stereocenters. The summed E-state index contributed by atoms with van der Waals surface area (Å²) in [7, 11) is -0.0293. The van der Waals surface area contributed by atoms with Crippen LogP contribution in [0.25, 0.3) is 0 Å². The molecule has 21 heteroatoms. The summed E-state index contributed by atoms with van der Waals surface area (Å²) in [5.41, 5.74) is -0.704. The molecule has 6 nitrogen and oxygen atoms in total. The maximum atomic E-state index is 13.2. The molecule has 8 aromatic carbocycles. The summed E-state index contributed by atoms with van der Waals surface area (Å²) in [6.45, 7) is 1.94. The number of rotatable bonds is 28. The predicted molar refractivity (Wildman–Crippen MR) is 421 cm³/mol. The largest absolute Gasteiger partial charge is 0.466 e. The average Bonchev–Trinajstić information content (AvgIpc) is 0.745. The van der Waals surface area contributed by atoms with Gasteiger partial charge in [-0.25, -0.2) is 26.3 Å². The number of halogens is 13. The predicted octanol–water partition coefficient (Wildman–Crippen LogP) is 22.8. The van der Waals surface area contributed by atoms with Crippen molar-refractivity contribution >= 4 is 39.7 Å². The molecule has 8 saturated carbocycles. The van der Waals surface area contributed by atoms with E-state index in [0.717, 1.165) is 38.5 Å². The molecule has 0 amide bonds. The minimum atomic E-state index is -4.01. The highest BCUT2D eigenvalue weighted by Crippen LogP contribution is 2.62. The molecule has 8 bridgehead atoms. The minimum absolute atomic E-state index is 0.0132. The quantitative estimate of drug-likeness (QED) is 0.0121. The van der Waals surface area contributed by atoms with Crippen LogP contribution in [0, 0.1) is 53.5 Å². The van der Waals surface area contributed by atoms with Gasteiger partial charge in [0.2, 0.25) is 0 Å². The molecule has 0 spiro atoms. The SMILES string of the molecule is CC(=O)OCCCCC(F)(F)C(C)(F)F.CC(F)(F)C(F)(F)CCCCOC(=O)C12CC3CC(CC(C3)C1)C2.CC(F)(F)C(F)(F)CCCCOC(=O)C12CC3CC(CC(C3)C1)C2.c1ccc([I+]c2ccccc2)cc1.c1ccc([S+](c2ccccc2)c2ccccc2)cc1.c1ccc([S+](c2ccccc2)c2ccccc2)cc1. The van der Waals surface area contributed by atoms with Gasteiger partial charge in [0, 0.05) is 47.0 Å². The van der Waals surface area contributed by atoms with E-state index in [-0.39, 0.29) is 145 Å². The topological polar surface area (TPSA) is 78.9 Å². The van der Waals surface area contributed by atoms with Gasteiger partial charge in [-0.2, -0.15) is 26.3 Å². The van der Waals surface area contributed by atoms with Crippen molar-refractivity contribution in [2.24, 2.45) is 46.3 Å². The molecule has 0 saturated heterocycles. The van der Waals surface area contributed by atoms with E-state index in [2.05, 4.69) is 247 Å². The van der Waals surface area contributed by atoms with Crippen LogP contribution in [0.3, 0.4) is 0 Å². The van der Waals surface area contributed by atoms with Gasteiger partial charge < -0.3 is 14.2 Å². The number of benzene rings is 8. The van der Waals surface area contributed by atoms with Crippen LogP contribution < -0.4 is 21.2 Å². The second-order valence-electron chi connectivity index (χ2n) is 31.3. The first kappa shape index (κ1) is 90.7. The summed E-state index contributed by atoms with van der Waals surface area (Å²) in [4.78, 5) is 43.5. The minimum Gasteiger partial charge on any atom is -0.466 e. The Morgan fingerprint density at radius 1 is 0.316 bits per heavy atom. The number of carbonyl (C=O) groups is 3. The highest BCUT2D eigenvalue weighted by atomic mass is 127. The monoisotopic (exact) mass is 1740 g/mol. The fourth-order valence-corrected chi connectivity index (χ4v) is 23.3. The second kappa shape index (κ2) is 42.2. The zero-order valence-corrected chi connectivity index (χ0v) is 69.0. The number of ether oxygens (including phenoxy) is 3. The van der Waals surface area contributed by atoms with Gasteiger partial charge in [-0.15, -0.1) is 0 Å². The van der Waals surface area contributed by atoms with Gasteiger partial charge in [-0.3, -0.25) is 14.4 Å². The molecule has 114 heavy (non-hydrogen) atoms. The molecule has 16 rings (SSSR count). The number of carbonyl (C=O) groups excluding carboxylic acids is 3. The molecule has 8 fully saturated rings. The van der Waals surface area contributed by atoms with Crippen molar-refractivity contribution in [2.45, 2.75) is 227 Å². The summed E-state index contributed by atoms with van der Waals surface area (Å²) < 4.78 is 172. The molecular weight excluding hydrogens is 1630 g/mol. The van der Waals surface area contributed by atoms with Gasteiger partial charge >= 0.3 is 74.6 Å². The van der Waals surface area contributed by atoms with E-state index in [9.17, 15) is 67.1 Å². The average molecular weight is 1740 g/mol. The van der Waals surface area contributed by atoms with Crippen molar-refractivity contribution in [1.82, 2.24) is 0 Å². The van der Waals surface area contributed by atoms with E-state index in [4.69, 9.17) is 9.47 Å². The Hall–Kier alpha value is -7.24. The van der Waals surface area contributed by atoms with Crippen LogP contribution in [-0.2, 0) is 50.4 Å². The van der Waals surface area contributed by atoms with Crippen molar-refractivity contribution in [3.8, 4) is 0 Å². The lowest BCUT2D eigenvalue weighted by Crippen LogP contribution is -3.61. The lowest BCUT2D eigenvalue weighted by Gasteiger charge is -2.55. The van der Waals surface area contributed by atoms with Crippen LogP contribution in [0.15, 0.2) is 272 Å². The van der Waals surface area contributed by atoms with Crippen LogP contribution >= 0.6 is 0 Å². The molecule has 0 heterocycles. The van der Waals surface area contributed by atoms with Crippen LogP contribution in [0.2, 0.25) is 0 Å². The summed E-state index contributed by atoms with van der Waals surface area (Å²) in [5, 5.41) is 0. The number of esters is 3. The van der Waals surface area contributed by atoms with Crippen molar-refractivity contribution in [2.75, 3.05) is 19.8 Å². The third kappa shape index (κ3) is 26.9. The second-order valence-corrected chi connectivity index (χ2v) is 38.4. The van der Waals surface area contributed by atoms with E-state index in [1.807, 2.05) is 0 Å². The maximum absolute atomic E-state index is 13.2. The van der Waals surface area contributed by atoms with Gasteiger partial charge in [0.1, 0.15) is 0 Å².